The van der Waals surface area contributed by atoms with Gasteiger partial charge in [0.15, 0.2) is 0 Å². The molecule has 0 aliphatic carbocycles. The van der Waals surface area contributed by atoms with Crippen molar-refractivity contribution in [1.82, 2.24) is 20.0 Å². The molecule has 2 aromatic heterocycles. The highest BCUT2D eigenvalue weighted by atomic mass is 32.1. The molecule has 0 aliphatic rings. The van der Waals surface area contributed by atoms with Crippen molar-refractivity contribution < 1.29 is 0 Å². The molecule has 2 rings (SSSR count). The van der Waals surface area contributed by atoms with Gasteiger partial charge in [0, 0.05) is 18.1 Å². The van der Waals surface area contributed by atoms with Crippen molar-refractivity contribution in [2.24, 2.45) is 12.8 Å². The Labute approximate surface area is 85.6 Å². The van der Waals surface area contributed by atoms with Gasteiger partial charge in [-0.3, -0.25) is 4.68 Å². The van der Waals surface area contributed by atoms with E-state index in [-0.39, 0.29) is 6.04 Å². The molecule has 2 heterocycles. The van der Waals surface area contributed by atoms with E-state index in [4.69, 9.17) is 5.73 Å². The topological polar surface area (TPSA) is 69.6 Å². The summed E-state index contributed by atoms with van der Waals surface area (Å²) in [5, 5.41) is 8.82. The first-order chi connectivity index (χ1) is 6.66. The Balaban J connectivity index is 2.28. The van der Waals surface area contributed by atoms with Crippen molar-refractivity contribution in [3.8, 4) is 0 Å². The summed E-state index contributed by atoms with van der Waals surface area (Å²) in [6, 6.07) is -0.213. The van der Waals surface area contributed by atoms with E-state index < -0.39 is 0 Å². The molecule has 14 heavy (non-hydrogen) atoms. The molecule has 2 N–H and O–H groups in total. The molecule has 0 amide bonds. The summed E-state index contributed by atoms with van der Waals surface area (Å²) in [4.78, 5) is 5.17. The fraction of sp³-hybridized carbons (Fsp3) is 0.375. The highest BCUT2D eigenvalue weighted by Crippen LogP contribution is 2.22. The molecule has 5 nitrogen and oxygen atoms in total. The Hall–Kier alpha value is -1.27. The first-order valence-electron chi connectivity index (χ1n) is 4.21. The van der Waals surface area contributed by atoms with Crippen molar-refractivity contribution in [3.63, 3.8) is 0 Å². The molecule has 0 fully saturated rings. The van der Waals surface area contributed by atoms with Crippen LogP contribution < -0.4 is 5.73 Å². The molecular weight excluding hydrogens is 198 g/mol. The monoisotopic (exact) mass is 209 g/mol. The number of hydrogen-bond acceptors (Lipinski definition) is 5. The van der Waals surface area contributed by atoms with E-state index in [1.165, 1.54) is 0 Å². The zero-order valence-electron chi connectivity index (χ0n) is 8.01. The van der Waals surface area contributed by atoms with E-state index >= 15 is 0 Å². The molecule has 74 valence electrons. The number of aryl methyl sites for hydroxylation is 2. The molecule has 6 heteroatoms. The van der Waals surface area contributed by atoms with Crippen LogP contribution >= 0.6 is 11.3 Å². The third-order valence-electron chi connectivity index (χ3n) is 1.88. The van der Waals surface area contributed by atoms with Crippen LogP contribution in [-0.4, -0.2) is 20.0 Å². The minimum atomic E-state index is -0.213. The molecule has 0 aliphatic heterocycles. The summed E-state index contributed by atoms with van der Waals surface area (Å²) in [5.74, 6) is 0. The van der Waals surface area contributed by atoms with Crippen LogP contribution in [0.15, 0.2) is 12.4 Å². The van der Waals surface area contributed by atoms with Crippen LogP contribution in [0, 0.1) is 6.92 Å². The van der Waals surface area contributed by atoms with Crippen molar-refractivity contribution in [1.29, 1.82) is 0 Å². The summed E-state index contributed by atoms with van der Waals surface area (Å²) in [5.41, 5.74) is 6.77. The van der Waals surface area contributed by atoms with E-state index in [1.807, 2.05) is 20.2 Å². The second-order valence-corrected chi connectivity index (χ2v) is 4.34. The lowest BCUT2D eigenvalue weighted by molar-refractivity contribution is 0.711. The van der Waals surface area contributed by atoms with Gasteiger partial charge in [-0.2, -0.15) is 0 Å². The lowest BCUT2D eigenvalue weighted by Crippen LogP contribution is -2.10. The van der Waals surface area contributed by atoms with Gasteiger partial charge in [0.1, 0.15) is 5.69 Å². The second kappa shape index (κ2) is 3.47. The molecule has 0 saturated carbocycles. The zero-order chi connectivity index (χ0) is 10.1. The maximum Gasteiger partial charge on any atom is 0.105 e. The van der Waals surface area contributed by atoms with Crippen LogP contribution in [0.25, 0.3) is 0 Å². The molecule has 1 unspecified atom stereocenters. The number of nitrogens with zero attached hydrogens (tertiary/aromatic N) is 4. The summed E-state index contributed by atoms with van der Waals surface area (Å²) in [6.07, 6.45) is 3.61. The largest absolute Gasteiger partial charge is 0.318 e. The lowest BCUT2D eigenvalue weighted by atomic mass is 10.2. The van der Waals surface area contributed by atoms with Crippen LogP contribution in [-0.2, 0) is 7.05 Å². The maximum atomic E-state index is 6.00. The normalized spacial score (nSPS) is 13.1. The smallest absolute Gasteiger partial charge is 0.105 e. The van der Waals surface area contributed by atoms with E-state index in [9.17, 15) is 0 Å². The molecule has 0 saturated heterocycles. The molecule has 0 aromatic carbocycles. The third-order valence-corrected chi connectivity index (χ3v) is 2.88. The van der Waals surface area contributed by atoms with Gasteiger partial charge < -0.3 is 5.73 Å². The molecule has 0 radical (unpaired) electrons. The minimum Gasteiger partial charge on any atom is -0.318 e. The fourth-order valence-corrected chi connectivity index (χ4v) is 1.97. The average molecular weight is 209 g/mol. The minimum absolute atomic E-state index is 0.213. The lowest BCUT2D eigenvalue weighted by Gasteiger charge is -2.02. The van der Waals surface area contributed by atoms with Crippen molar-refractivity contribution in [2.45, 2.75) is 13.0 Å². The Kier molecular flexibility index (Phi) is 2.30. The molecule has 0 spiro atoms. The number of aromatic nitrogens is 4. The fourth-order valence-electron chi connectivity index (χ4n) is 1.18. The highest BCUT2D eigenvalue weighted by Gasteiger charge is 2.14. The third kappa shape index (κ3) is 1.66. The highest BCUT2D eigenvalue weighted by molar-refractivity contribution is 7.11. The van der Waals surface area contributed by atoms with E-state index in [0.29, 0.717) is 0 Å². The maximum absolute atomic E-state index is 6.00. The van der Waals surface area contributed by atoms with Crippen LogP contribution in [0.5, 0.6) is 0 Å². The molecule has 2 aromatic rings. The van der Waals surface area contributed by atoms with Crippen LogP contribution in [0.2, 0.25) is 0 Å². The quantitative estimate of drug-likeness (QED) is 0.787. The number of rotatable bonds is 2. The Bertz CT molecular complexity index is 392. The average Bonchev–Trinajstić information content (AvgIpc) is 2.73. The van der Waals surface area contributed by atoms with Gasteiger partial charge in [-0.05, 0) is 6.92 Å². The van der Waals surface area contributed by atoms with Crippen LogP contribution in [0.1, 0.15) is 21.6 Å². The SMILES string of the molecule is Cc1ncc(C(N)c2cn(C)nn2)s1. The first kappa shape index (κ1) is 9.29. The Morgan fingerprint density at radius 3 is 2.86 bits per heavy atom. The van der Waals surface area contributed by atoms with Gasteiger partial charge in [-0.25, -0.2) is 4.98 Å². The predicted octanol–water partition coefficient (Wildman–Crippen LogP) is 0.628. The van der Waals surface area contributed by atoms with Crippen molar-refractivity contribution >= 4 is 11.3 Å². The molecule has 0 bridgehead atoms. The van der Waals surface area contributed by atoms with Crippen LogP contribution in [0.4, 0.5) is 0 Å². The number of hydrogen-bond donors (Lipinski definition) is 1. The van der Waals surface area contributed by atoms with Crippen molar-refractivity contribution in [3.05, 3.63) is 28.0 Å². The number of thiazole rings is 1. The van der Waals surface area contributed by atoms with Gasteiger partial charge in [0.2, 0.25) is 0 Å². The first-order valence-corrected chi connectivity index (χ1v) is 5.02. The van der Waals surface area contributed by atoms with Crippen molar-refractivity contribution in [2.75, 3.05) is 0 Å². The van der Waals surface area contributed by atoms with Gasteiger partial charge in [-0.15, -0.1) is 16.4 Å². The zero-order valence-corrected chi connectivity index (χ0v) is 8.82. The Morgan fingerprint density at radius 1 is 1.57 bits per heavy atom. The summed E-state index contributed by atoms with van der Waals surface area (Å²) >= 11 is 1.59. The van der Waals surface area contributed by atoms with E-state index in [2.05, 4.69) is 15.3 Å². The Morgan fingerprint density at radius 2 is 2.36 bits per heavy atom. The van der Waals surface area contributed by atoms with Gasteiger partial charge in [0.25, 0.3) is 0 Å². The second-order valence-electron chi connectivity index (χ2n) is 3.08. The summed E-state index contributed by atoms with van der Waals surface area (Å²) in [6.45, 7) is 1.96. The number of nitrogens with two attached hydrogens (primary N) is 1. The van der Waals surface area contributed by atoms with Gasteiger partial charge >= 0.3 is 0 Å². The van der Waals surface area contributed by atoms with Crippen LogP contribution in [0.3, 0.4) is 0 Å². The summed E-state index contributed by atoms with van der Waals surface area (Å²) in [7, 11) is 1.82. The summed E-state index contributed by atoms with van der Waals surface area (Å²) < 4.78 is 1.64. The van der Waals surface area contributed by atoms with Gasteiger partial charge in [0.05, 0.1) is 17.2 Å². The van der Waals surface area contributed by atoms with E-state index in [0.717, 1.165) is 15.6 Å². The predicted molar refractivity (Wildman–Crippen MR) is 53.9 cm³/mol. The standard InChI is InChI=1S/C8H11N5S/c1-5-10-3-7(14-5)8(9)6-4-13(2)12-11-6/h3-4,8H,9H2,1-2H3. The van der Waals surface area contributed by atoms with E-state index in [1.54, 1.807) is 22.2 Å². The van der Waals surface area contributed by atoms with Gasteiger partial charge in [-0.1, -0.05) is 5.21 Å². The molecule has 1 atom stereocenters. The molecular formula is C8H11N5S.